The van der Waals surface area contributed by atoms with Crippen molar-refractivity contribution in [1.29, 1.82) is 0 Å². The van der Waals surface area contributed by atoms with Crippen LogP contribution in [0.25, 0.3) is 0 Å². The predicted molar refractivity (Wildman–Crippen MR) is 65.9 cm³/mol. The third-order valence-corrected chi connectivity index (χ3v) is 3.73. The molecule has 2 heteroatoms. The summed E-state index contributed by atoms with van der Waals surface area (Å²) < 4.78 is 0. The fraction of sp³-hybridized carbons (Fsp3) is 0.714. The molecule has 0 aliphatic heterocycles. The van der Waals surface area contributed by atoms with Crippen LogP contribution in [-0.4, -0.2) is 15.8 Å². The van der Waals surface area contributed by atoms with Gasteiger partial charge in [0.05, 0.1) is 5.76 Å². The zero-order valence-electron chi connectivity index (χ0n) is 10.7. The summed E-state index contributed by atoms with van der Waals surface area (Å²) in [5.41, 5.74) is -1.13. The van der Waals surface area contributed by atoms with Crippen molar-refractivity contribution in [1.82, 2.24) is 0 Å². The Morgan fingerprint density at radius 2 is 2.06 bits per heavy atom. The molecule has 0 saturated heterocycles. The monoisotopic (exact) mass is 222 g/mol. The summed E-state index contributed by atoms with van der Waals surface area (Å²) in [6.07, 6.45) is 4.59. The van der Waals surface area contributed by atoms with Gasteiger partial charge in [-0.25, -0.2) is 0 Å². The van der Waals surface area contributed by atoms with Crippen molar-refractivity contribution < 1.29 is 10.2 Å². The lowest BCUT2D eigenvalue weighted by molar-refractivity contribution is -0.0860. The van der Waals surface area contributed by atoms with E-state index in [0.29, 0.717) is 0 Å². The zero-order chi connectivity index (χ0) is 12.4. The van der Waals surface area contributed by atoms with Crippen LogP contribution in [0.1, 0.15) is 47.0 Å². The first-order valence-electron chi connectivity index (χ1n) is 5.90. The molecule has 0 aromatic carbocycles. The smallest absolute Gasteiger partial charge is 0.133 e. The highest BCUT2D eigenvalue weighted by molar-refractivity contribution is 5.27. The molecule has 1 aliphatic carbocycles. The highest BCUT2D eigenvalue weighted by Gasteiger charge is 2.48. The normalized spacial score (nSPS) is 34.1. The minimum absolute atomic E-state index is 0.177. The van der Waals surface area contributed by atoms with Crippen LogP contribution in [0, 0.1) is 23.2 Å². The predicted octanol–water partition coefficient (Wildman–Crippen LogP) is 3.03. The van der Waals surface area contributed by atoms with Crippen LogP contribution in [0.4, 0.5) is 0 Å². The van der Waals surface area contributed by atoms with Gasteiger partial charge in [-0.15, -0.1) is 0 Å². The van der Waals surface area contributed by atoms with Crippen LogP contribution < -0.4 is 0 Å². The van der Waals surface area contributed by atoms with Crippen molar-refractivity contribution >= 4 is 0 Å². The van der Waals surface area contributed by atoms with E-state index in [4.69, 9.17) is 5.11 Å². The van der Waals surface area contributed by atoms with Crippen molar-refractivity contribution in [3.63, 3.8) is 0 Å². The zero-order valence-corrected chi connectivity index (χ0v) is 10.7. The molecule has 1 saturated carbocycles. The minimum Gasteiger partial charge on any atom is -0.512 e. The Morgan fingerprint density at radius 3 is 2.56 bits per heavy atom. The maximum absolute atomic E-state index is 10.7. The van der Waals surface area contributed by atoms with Crippen LogP contribution in [0.2, 0.25) is 0 Å². The molecule has 1 aliphatic rings. The molecule has 1 rings (SSSR count). The van der Waals surface area contributed by atoms with Crippen LogP contribution in [0.15, 0.2) is 11.8 Å². The summed E-state index contributed by atoms with van der Waals surface area (Å²) in [5, 5.41) is 19.7. The quantitative estimate of drug-likeness (QED) is 0.488. The minimum atomic E-state index is -0.947. The molecular weight excluding hydrogens is 200 g/mol. The molecule has 0 heterocycles. The summed E-state index contributed by atoms with van der Waals surface area (Å²) >= 11 is 0. The van der Waals surface area contributed by atoms with Gasteiger partial charge in [0.2, 0.25) is 0 Å². The van der Waals surface area contributed by atoms with Gasteiger partial charge >= 0.3 is 0 Å². The second-order valence-corrected chi connectivity index (χ2v) is 5.50. The Hall–Kier alpha value is -0.940. The van der Waals surface area contributed by atoms with E-state index in [2.05, 4.69) is 25.7 Å². The average molecular weight is 222 g/mol. The van der Waals surface area contributed by atoms with Gasteiger partial charge in [-0.05, 0) is 25.7 Å². The summed E-state index contributed by atoms with van der Waals surface area (Å²) in [7, 11) is 0. The van der Waals surface area contributed by atoms with E-state index in [1.54, 1.807) is 6.92 Å². The van der Waals surface area contributed by atoms with Crippen molar-refractivity contribution in [3.8, 4) is 11.8 Å². The summed E-state index contributed by atoms with van der Waals surface area (Å²) in [4.78, 5) is 0. The van der Waals surface area contributed by atoms with E-state index >= 15 is 0 Å². The topological polar surface area (TPSA) is 40.5 Å². The molecule has 0 aromatic rings. The second-order valence-electron chi connectivity index (χ2n) is 5.50. The lowest BCUT2D eigenvalue weighted by atomic mass is 9.61. The van der Waals surface area contributed by atoms with E-state index in [1.807, 2.05) is 6.92 Å². The molecule has 16 heavy (non-hydrogen) atoms. The molecule has 90 valence electrons. The number of aliphatic hydroxyl groups excluding tert-OH is 1. The first-order chi connectivity index (χ1) is 7.29. The standard InChI is InChI=1S/C14H22O2/c1-11-7-5-9-13(3,4)14(11,16)10-6-8-12(2)15/h8,11,15-16H,5,7,9H2,1-4H3/b12-8+. The first kappa shape index (κ1) is 13.1. The Morgan fingerprint density at radius 1 is 1.44 bits per heavy atom. The van der Waals surface area contributed by atoms with E-state index in [1.165, 1.54) is 6.08 Å². The van der Waals surface area contributed by atoms with Crippen LogP contribution in [0.5, 0.6) is 0 Å². The second kappa shape index (κ2) is 4.51. The van der Waals surface area contributed by atoms with Gasteiger partial charge in [-0.3, -0.25) is 0 Å². The average Bonchev–Trinajstić information content (AvgIpc) is 2.14. The van der Waals surface area contributed by atoms with Gasteiger partial charge in [0.15, 0.2) is 0 Å². The van der Waals surface area contributed by atoms with Crippen molar-refractivity contribution in [2.24, 2.45) is 11.3 Å². The third-order valence-electron chi connectivity index (χ3n) is 3.73. The summed E-state index contributed by atoms with van der Waals surface area (Å²) in [5.74, 6) is 6.06. The molecule has 0 radical (unpaired) electrons. The highest BCUT2D eigenvalue weighted by Crippen LogP contribution is 2.46. The molecule has 0 spiro atoms. The van der Waals surface area contributed by atoms with Crippen LogP contribution in [-0.2, 0) is 0 Å². The van der Waals surface area contributed by atoms with E-state index < -0.39 is 5.60 Å². The van der Waals surface area contributed by atoms with Crippen molar-refractivity contribution in [2.75, 3.05) is 0 Å². The summed E-state index contributed by atoms with van der Waals surface area (Å²) in [6.45, 7) is 7.75. The Kier molecular flexibility index (Phi) is 3.70. The van der Waals surface area contributed by atoms with Gasteiger partial charge in [0.1, 0.15) is 5.60 Å². The molecule has 2 nitrogen and oxygen atoms in total. The number of hydrogen-bond donors (Lipinski definition) is 2. The van der Waals surface area contributed by atoms with E-state index in [-0.39, 0.29) is 17.1 Å². The van der Waals surface area contributed by atoms with Crippen LogP contribution in [0.3, 0.4) is 0 Å². The van der Waals surface area contributed by atoms with Gasteiger partial charge in [0, 0.05) is 11.5 Å². The molecule has 2 unspecified atom stereocenters. The number of hydrogen-bond acceptors (Lipinski definition) is 2. The first-order valence-corrected chi connectivity index (χ1v) is 5.90. The van der Waals surface area contributed by atoms with E-state index in [9.17, 15) is 5.11 Å². The van der Waals surface area contributed by atoms with Crippen LogP contribution >= 0.6 is 0 Å². The lowest BCUT2D eigenvalue weighted by Crippen LogP contribution is -2.51. The van der Waals surface area contributed by atoms with Gasteiger partial charge in [0.25, 0.3) is 0 Å². The maximum Gasteiger partial charge on any atom is 0.133 e. The Bertz CT molecular complexity index is 339. The largest absolute Gasteiger partial charge is 0.512 e. The lowest BCUT2D eigenvalue weighted by Gasteiger charge is -2.47. The van der Waals surface area contributed by atoms with Gasteiger partial charge < -0.3 is 10.2 Å². The maximum atomic E-state index is 10.7. The number of rotatable bonds is 0. The van der Waals surface area contributed by atoms with Crippen molar-refractivity contribution in [3.05, 3.63) is 11.8 Å². The van der Waals surface area contributed by atoms with Crippen molar-refractivity contribution in [2.45, 2.75) is 52.6 Å². The molecule has 2 N–H and O–H groups in total. The molecule has 0 aromatic heterocycles. The molecule has 0 amide bonds. The van der Waals surface area contributed by atoms with Gasteiger partial charge in [-0.2, -0.15) is 0 Å². The Balaban J connectivity index is 3.01. The number of allylic oxidation sites excluding steroid dienone is 2. The van der Waals surface area contributed by atoms with Gasteiger partial charge in [-0.1, -0.05) is 39.0 Å². The highest BCUT2D eigenvalue weighted by atomic mass is 16.3. The Labute approximate surface area is 98.4 Å². The van der Waals surface area contributed by atoms with E-state index in [0.717, 1.165) is 19.3 Å². The number of aliphatic hydroxyl groups is 2. The molecule has 2 atom stereocenters. The molecule has 0 bridgehead atoms. The summed E-state index contributed by atoms with van der Waals surface area (Å²) in [6, 6.07) is 0. The molecule has 1 fully saturated rings. The molecular formula is C14H22O2. The fourth-order valence-corrected chi connectivity index (χ4v) is 2.46. The third kappa shape index (κ3) is 2.41. The fourth-order valence-electron chi connectivity index (χ4n) is 2.46. The SMILES string of the molecule is C/C(O)=C\C#CC1(O)C(C)CCCC1(C)C.